The first-order valence-electron chi connectivity index (χ1n) is 6.27. The van der Waals surface area contributed by atoms with Gasteiger partial charge in [-0.15, -0.1) is 0 Å². The van der Waals surface area contributed by atoms with Gasteiger partial charge in [0.1, 0.15) is 0 Å². The third kappa shape index (κ3) is 2.49. The molecule has 2 aliphatic rings. The van der Waals surface area contributed by atoms with Gasteiger partial charge in [0.15, 0.2) is 0 Å². The molecule has 1 aromatic rings. The van der Waals surface area contributed by atoms with Crippen LogP contribution in [0.15, 0.2) is 28.0 Å². The van der Waals surface area contributed by atoms with Crippen molar-refractivity contribution in [2.75, 3.05) is 0 Å². The predicted octanol–water partition coefficient (Wildman–Crippen LogP) is 0.842. The van der Waals surface area contributed by atoms with Crippen molar-refractivity contribution in [2.24, 2.45) is 11.8 Å². The zero-order valence-corrected chi connectivity index (χ0v) is 10.7. The lowest BCUT2D eigenvalue weighted by molar-refractivity contribution is 0.471. The molecule has 0 spiro atoms. The van der Waals surface area contributed by atoms with E-state index in [0.29, 0.717) is 11.8 Å². The van der Waals surface area contributed by atoms with Crippen LogP contribution in [-0.2, 0) is 10.0 Å². The third-order valence-corrected chi connectivity index (χ3v) is 5.07. The normalized spacial score (nSPS) is 20.3. The van der Waals surface area contributed by atoms with E-state index in [2.05, 4.69) is 9.71 Å². The van der Waals surface area contributed by atoms with Crippen LogP contribution >= 0.6 is 0 Å². The summed E-state index contributed by atoms with van der Waals surface area (Å²) < 4.78 is 27.2. The van der Waals surface area contributed by atoms with Crippen LogP contribution < -0.4 is 10.3 Å². The molecule has 5 nitrogen and oxygen atoms in total. The van der Waals surface area contributed by atoms with E-state index in [9.17, 15) is 13.2 Å². The van der Waals surface area contributed by atoms with Gasteiger partial charge in [-0.05, 0) is 43.6 Å². The Labute approximate surface area is 106 Å². The topological polar surface area (TPSA) is 79.0 Å². The molecule has 2 N–H and O–H groups in total. The maximum Gasteiger partial charge on any atom is 0.247 e. The molecule has 0 unspecified atom stereocenters. The lowest BCUT2D eigenvalue weighted by Crippen LogP contribution is -2.38. The summed E-state index contributed by atoms with van der Waals surface area (Å²) in [5, 5.41) is 0. The summed E-state index contributed by atoms with van der Waals surface area (Å²) in [5.41, 5.74) is -0.296. The van der Waals surface area contributed by atoms with Gasteiger partial charge in [-0.3, -0.25) is 4.79 Å². The summed E-state index contributed by atoms with van der Waals surface area (Å²) in [5.74, 6) is 1.02. The highest BCUT2D eigenvalue weighted by Gasteiger charge is 2.43. The summed E-state index contributed by atoms with van der Waals surface area (Å²) in [6.45, 7) is 0. The van der Waals surface area contributed by atoms with E-state index in [-0.39, 0.29) is 16.5 Å². The molecule has 98 valence electrons. The zero-order chi connectivity index (χ0) is 12.8. The van der Waals surface area contributed by atoms with E-state index in [1.165, 1.54) is 18.3 Å². The van der Waals surface area contributed by atoms with Crippen LogP contribution in [0, 0.1) is 11.8 Å². The first-order chi connectivity index (χ1) is 8.56. The first-order valence-corrected chi connectivity index (χ1v) is 7.76. The van der Waals surface area contributed by atoms with Gasteiger partial charge in [0.05, 0.1) is 4.90 Å². The van der Waals surface area contributed by atoms with Crippen LogP contribution in [0.25, 0.3) is 0 Å². The molecule has 0 amide bonds. The minimum absolute atomic E-state index is 0.0851. The van der Waals surface area contributed by atoms with Crippen molar-refractivity contribution in [1.29, 1.82) is 0 Å². The van der Waals surface area contributed by atoms with Gasteiger partial charge >= 0.3 is 0 Å². The zero-order valence-electron chi connectivity index (χ0n) is 9.93. The number of hydrogen-bond donors (Lipinski definition) is 2. The van der Waals surface area contributed by atoms with Gasteiger partial charge in [0, 0.05) is 18.3 Å². The number of H-pyrrole nitrogens is 1. The van der Waals surface area contributed by atoms with E-state index >= 15 is 0 Å². The fourth-order valence-corrected chi connectivity index (χ4v) is 3.64. The van der Waals surface area contributed by atoms with Crippen LogP contribution in [0.3, 0.4) is 0 Å². The molecule has 0 aromatic carbocycles. The highest BCUT2D eigenvalue weighted by atomic mass is 32.2. The highest BCUT2D eigenvalue weighted by molar-refractivity contribution is 7.89. The van der Waals surface area contributed by atoms with Gasteiger partial charge in [-0.2, -0.15) is 0 Å². The maximum atomic E-state index is 12.2. The van der Waals surface area contributed by atoms with Gasteiger partial charge in [-0.25, -0.2) is 13.1 Å². The van der Waals surface area contributed by atoms with E-state index in [1.54, 1.807) is 0 Å². The second-order valence-electron chi connectivity index (χ2n) is 5.21. The summed E-state index contributed by atoms with van der Waals surface area (Å²) in [6, 6.07) is 2.66. The van der Waals surface area contributed by atoms with Crippen LogP contribution in [-0.4, -0.2) is 19.4 Å². The Morgan fingerprint density at radius 3 is 2.22 bits per heavy atom. The molecule has 18 heavy (non-hydrogen) atoms. The van der Waals surface area contributed by atoms with Crippen molar-refractivity contribution < 1.29 is 8.42 Å². The molecule has 2 fully saturated rings. The Morgan fingerprint density at radius 2 is 1.78 bits per heavy atom. The van der Waals surface area contributed by atoms with Crippen molar-refractivity contribution >= 4 is 10.0 Å². The lowest BCUT2D eigenvalue weighted by atomic mass is 10.1. The number of hydrogen-bond acceptors (Lipinski definition) is 3. The lowest BCUT2D eigenvalue weighted by Gasteiger charge is -2.17. The van der Waals surface area contributed by atoms with Crippen molar-refractivity contribution in [3.63, 3.8) is 0 Å². The average Bonchev–Trinajstić information content (AvgIpc) is 3.18. The molecular weight excluding hydrogens is 252 g/mol. The average molecular weight is 268 g/mol. The minimum Gasteiger partial charge on any atom is -0.328 e. The minimum atomic E-state index is -3.51. The van der Waals surface area contributed by atoms with Crippen LogP contribution in [0.1, 0.15) is 25.7 Å². The van der Waals surface area contributed by atoms with Gasteiger partial charge < -0.3 is 4.98 Å². The van der Waals surface area contributed by atoms with Crippen molar-refractivity contribution in [2.45, 2.75) is 36.6 Å². The number of aromatic amines is 1. The molecule has 0 radical (unpaired) electrons. The van der Waals surface area contributed by atoms with Gasteiger partial charge in [-0.1, -0.05) is 0 Å². The van der Waals surface area contributed by atoms with Gasteiger partial charge in [0.25, 0.3) is 0 Å². The molecule has 0 saturated heterocycles. The smallest absolute Gasteiger partial charge is 0.247 e. The van der Waals surface area contributed by atoms with Crippen LogP contribution in [0.2, 0.25) is 0 Å². The number of aromatic nitrogens is 1. The monoisotopic (exact) mass is 268 g/mol. The SMILES string of the molecule is O=c1ccc(S(=O)(=O)NC(C2CC2)C2CC2)c[nH]1. The number of rotatable bonds is 5. The molecule has 0 aliphatic heterocycles. The molecule has 2 saturated carbocycles. The van der Waals surface area contributed by atoms with E-state index < -0.39 is 10.0 Å². The Hall–Kier alpha value is -1.14. The molecule has 0 bridgehead atoms. The highest BCUT2D eigenvalue weighted by Crippen LogP contribution is 2.44. The second kappa shape index (κ2) is 4.20. The van der Waals surface area contributed by atoms with E-state index in [1.807, 2.05) is 0 Å². The molecular formula is C12H16N2O3S. The summed E-state index contributed by atoms with van der Waals surface area (Å²) in [7, 11) is -3.51. The number of sulfonamides is 1. The molecule has 3 rings (SSSR count). The predicted molar refractivity (Wildman–Crippen MR) is 66.6 cm³/mol. The standard InChI is InChI=1S/C12H16N2O3S/c15-11-6-5-10(7-13-11)18(16,17)14-12(8-1-2-8)9-3-4-9/h5-9,12,14H,1-4H2,(H,13,15). The Bertz CT molecular complexity index is 567. The summed E-state index contributed by atoms with van der Waals surface area (Å²) in [4.78, 5) is 13.5. The molecule has 6 heteroatoms. The Morgan fingerprint density at radius 1 is 1.17 bits per heavy atom. The number of pyridine rings is 1. The summed E-state index contributed by atoms with van der Waals surface area (Å²) in [6.07, 6.45) is 5.73. The fraction of sp³-hybridized carbons (Fsp3) is 0.583. The molecule has 0 atom stereocenters. The molecule has 1 aromatic heterocycles. The first kappa shape index (κ1) is 11.9. The third-order valence-electron chi connectivity index (χ3n) is 3.62. The van der Waals surface area contributed by atoms with Crippen molar-refractivity contribution in [1.82, 2.24) is 9.71 Å². The van der Waals surface area contributed by atoms with E-state index in [4.69, 9.17) is 0 Å². The Balaban J connectivity index is 1.81. The Kier molecular flexibility index (Phi) is 2.79. The fourth-order valence-electron chi connectivity index (χ4n) is 2.30. The molecule has 2 aliphatic carbocycles. The van der Waals surface area contributed by atoms with Crippen LogP contribution in [0.5, 0.6) is 0 Å². The summed E-state index contributed by atoms with van der Waals surface area (Å²) >= 11 is 0. The van der Waals surface area contributed by atoms with Gasteiger partial charge in [0.2, 0.25) is 15.6 Å². The van der Waals surface area contributed by atoms with Crippen LogP contribution in [0.4, 0.5) is 0 Å². The largest absolute Gasteiger partial charge is 0.328 e. The van der Waals surface area contributed by atoms with Crippen molar-refractivity contribution in [3.8, 4) is 0 Å². The molecule has 1 heterocycles. The van der Waals surface area contributed by atoms with Crippen molar-refractivity contribution in [3.05, 3.63) is 28.7 Å². The maximum absolute atomic E-state index is 12.2. The second-order valence-corrected chi connectivity index (χ2v) is 6.92. The quantitative estimate of drug-likeness (QED) is 0.830. The number of nitrogens with one attached hydrogen (secondary N) is 2. The van der Waals surface area contributed by atoms with E-state index in [0.717, 1.165) is 25.7 Å².